The van der Waals surface area contributed by atoms with E-state index in [1.165, 1.54) is 4.90 Å². The van der Waals surface area contributed by atoms with Gasteiger partial charge in [0.25, 0.3) is 0 Å². The van der Waals surface area contributed by atoms with Crippen molar-refractivity contribution < 1.29 is 0 Å². The number of hydrogen-bond acceptors (Lipinski definition) is 0. The van der Waals surface area contributed by atoms with Crippen LogP contribution in [0.1, 0.15) is 0 Å². The molecule has 1 aromatic carbocycles. The number of benzene rings is 1. The zero-order valence-electron chi connectivity index (χ0n) is 5.23. The van der Waals surface area contributed by atoms with Crippen LogP contribution < -0.4 is 0 Å². The van der Waals surface area contributed by atoms with Crippen LogP contribution in [0.25, 0.3) is 0 Å². The molecule has 0 aromatic heterocycles. The molecular formula is C6H4BrClI2S. The van der Waals surface area contributed by atoms with Gasteiger partial charge in [-0.1, -0.05) is 15.9 Å². The lowest BCUT2D eigenvalue weighted by atomic mass is 10.4. The van der Waals surface area contributed by atoms with Crippen molar-refractivity contribution in [3.05, 3.63) is 28.7 Å². The minimum atomic E-state index is -1.13. The summed E-state index contributed by atoms with van der Waals surface area (Å²) in [6.45, 7) is 0. The normalized spacial score (nSPS) is 13.1. The Morgan fingerprint density at radius 1 is 1.18 bits per heavy atom. The predicted molar refractivity (Wildman–Crippen MR) is 73.9 cm³/mol. The first-order valence-corrected chi connectivity index (χ1v) is 11.0. The summed E-state index contributed by atoms with van der Waals surface area (Å²) in [7, 11) is 6.15. The van der Waals surface area contributed by atoms with Crippen LogP contribution in [0.15, 0.2) is 33.6 Å². The standard InChI is InChI=1S/C6H4BrClI2S/c7-5-1-3-6(4-2-5)11(8,9)10/h1-4H. The van der Waals surface area contributed by atoms with E-state index in [0.717, 1.165) is 4.47 Å². The van der Waals surface area contributed by atoms with Crippen molar-refractivity contribution >= 4 is 72.6 Å². The average Bonchev–Trinajstić information content (AvgIpc) is 1.86. The molecule has 0 fully saturated rings. The third-order valence-electron chi connectivity index (χ3n) is 1.08. The van der Waals surface area contributed by atoms with Gasteiger partial charge in [0, 0.05) is 51.8 Å². The molecule has 11 heavy (non-hydrogen) atoms. The van der Waals surface area contributed by atoms with E-state index in [-0.39, 0.29) is 0 Å². The summed E-state index contributed by atoms with van der Waals surface area (Å²) in [5.74, 6) is 0. The van der Waals surface area contributed by atoms with Crippen LogP contribution in [0.2, 0.25) is 0 Å². The molecule has 62 valence electrons. The zero-order chi connectivity index (χ0) is 8.48. The highest BCUT2D eigenvalue weighted by Gasteiger charge is 2.14. The van der Waals surface area contributed by atoms with Crippen molar-refractivity contribution in [2.24, 2.45) is 0 Å². The lowest BCUT2D eigenvalue weighted by molar-refractivity contribution is 1.45. The molecule has 0 N–H and O–H groups in total. The van der Waals surface area contributed by atoms with Gasteiger partial charge in [0.05, 0.1) is 0 Å². The van der Waals surface area contributed by atoms with Gasteiger partial charge in [-0.3, -0.25) is 0 Å². The van der Waals surface area contributed by atoms with Crippen LogP contribution in [-0.4, -0.2) is 0 Å². The monoisotopic (exact) mass is 476 g/mol. The largest absolute Gasteiger partial charge is 0.0508 e. The molecule has 1 rings (SSSR count). The van der Waals surface area contributed by atoms with Gasteiger partial charge in [-0.25, -0.2) is 0 Å². The Labute approximate surface area is 105 Å². The molecule has 1 aromatic rings. The Hall–Kier alpha value is 1.80. The number of halogens is 4. The van der Waals surface area contributed by atoms with Gasteiger partial charge in [-0.05, 0) is 38.5 Å². The third-order valence-corrected chi connectivity index (χ3v) is 6.00. The van der Waals surface area contributed by atoms with Crippen LogP contribution in [-0.2, 0) is 0 Å². The maximum atomic E-state index is 6.15. The lowest BCUT2D eigenvalue weighted by Crippen LogP contribution is -1.73. The molecule has 0 saturated heterocycles. The molecule has 0 aliphatic rings. The highest BCUT2D eigenvalue weighted by molar-refractivity contribution is 14.3. The lowest BCUT2D eigenvalue weighted by Gasteiger charge is -2.16. The van der Waals surface area contributed by atoms with Crippen molar-refractivity contribution in [1.82, 2.24) is 0 Å². The third kappa shape index (κ3) is 3.58. The summed E-state index contributed by atoms with van der Waals surface area (Å²) < 4.78 is -0.0362. The first-order valence-electron chi connectivity index (χ1n) is 2.68. The molecule has 0 aliphatic heterocycles. The minimum Gasteiger partial charge on any atom is -0.0508 e. The summed E-state index contributed by atoms with van der Waals surface area (Å²) in [6.07, 6.45) is 0. The Morgan fingerprint density at radius 2 is 1.64 bits per heavy atom. The quantitative estimate of drug-likeness (QED) is 0.471. The molecule has 0 aliphatic carbocycles. The highest BCUT2D eigenvalue weighted by atomic mass is 127. The second kappa shape index (κ2) is 4.34. The van der Waals surface area contributed by atoms with Gasteiger partial charge in [0.15, 0.2) is 0 Å². The van der Waals surface area contributed by atoms with E-state index in [0.29, 0.717) is 0 Å². The Kier molecular flexibility index (Phi) is 4.30. The Balaban J connectivity index is 2.99. The van der Waals surface area contributed by atoms with Gasteiger partial charge in [-0.2, -0.15) is 0 Å². The van der Waals surface area contributed by atoms with Crippen molar-refractivity contribution in [3.8, 4) is 0 Å². The van der Waals surface area contributed by atoms with Crippen LogP contribution in [0.4, 0.5) is 0 Å². The fourth-order valence-corrected chi connectivity index (χ4v) is 3.37. The smallest absolute Gasteiger partial charge is 0.0215 e. The molecule has 0 amide bonds. The van der Waals surface area contributed by atoms with Crippen LogP contribution in [0, 0.1) is 0 Å². The summed E-state index contributed by atoms with van der Waals surface area (Å²) in [5, 5.41) is 0. The second-order valence-electron chi connectivity index (χ2n) is 1.86. The molecule has 0 atom stereocenters. The zero-order valence-corrected chi connectivity index (χ0v) is 12.7. The molecule has 0 bridgehead atoms. The number of hydrogen-bond donors (Lipinski definition) is 0. The van der Waals surface area contributed by atoms with Crippen LogP contribution >= 0.6 is 72.6 Å². The van der Waals surface area contributed by atoms with E-state index in [2.05, 4.69) is 58.3 Å². The van der Waals surface area contributed by atoms with Crippen molar-refractivity contribution in [2.45, 2.75) is 4.90 Å². The van der Waals surface area contributed by atoms with Gasteiger partial charge >= 0.3 is 0 Å². The fraction of sp³-hybridized carbons (Fsp3) is 0. The molecule has 0 heterocycles. The van der Waals surface area contributed by atoms with Crippen molar-refractivity contribution in [2.75, 3.05) is 0 Å². The van der Waals surface area contributed by atoms with E-state index < -0.39 is 3.58 Å². The first kappa shape index (κ1) is 10.9. The van der Waals surface area contributed by atoms with E-state index >= 15 is 0 Å². The van der Waals surface area contributed by atoms with Crippen LogP contribution in [0.5, 0.6) is 0 Å². The van der Waals surface area contributed by atoms with E-state index in [1.54, 1.807) is 0 Å². The van der Waals surface area contributed by atoms with Gasteiger partial charge in [-0.15, -0.1) is 0 Å². The molecule has 0 unspecified atom stereocenters. The predicted octanol–water partition coefficient (Wildman–Crippen LogP) is 5.47. The average molecular weight is 477 g/mol. The molecule has 0 saturated carbocycles. The summed E-state index contributed by atoms with van der Waals surface area (Å²) in [6, 6.07) is 8.12. The first-order chi connectivity index (χ1) is 5.00. The Bertz CT molecular complexity index is 244. The van der Waals surface area contributed by atoms with Gasteiger partial charge in [0.1, 0.15) is 0 Å². The van der Waals surface area contributed by atoms with Crippen molar-refractivity contribution in [3.63, 3.8) is 0 Å². The molecule has 0 spiro atoms. The molecule has 5 heteroatoms. The molecule has 0 radical (unpaired) electrons. The Morgan fingerprint density at radius 3 is 2.00 bits per heavy atom. The summed E-state index contributed by atoms with van der Waals surface area (Å²) in [4.78, 5) is 1.20. The minimum absolute atomic E-state index is 1.09. The van der Waals surface area contributed by atoms with E-state index in [1.807, 2.05) is 24.3 Å². The van der Waals surface area contributed by atoms with E-state index in [9.17, 15) is 0 Å². The SMILES string of the molecule is ClS(I)(I)c1ccc(Br)cc1. The molecule has 0 nitrogen and oxygen atoms in total. The van der Waals surface area contributed by atoms with Gasteiger partial charge < -0.3 is 0 Å². The van der Waals surface area contributed by atoms with Crippen LogP contribution in [0.3, 0.4) is 0 Å². The van der Waals surface area contributed by atoms with E-state index in [4.69, 9.17) is 10.7 Å². The fourth-order valence-electron chi connectivity index (χ4n) is 0.589. The highest BCUT2D eigenvalue weighted by Crippen LogP contribution is 2.74. The van der Waals surface area contributed by atoms with Gasteiger partial charge in [0.2, 0.25) is 0 Å². The number of rotatable bonds is 1. The second-order valence-corrected chi connectivity index (χ2v) is 21.6. The summed E-state index contributed by atoms with van der Waals surface area (Å²) in [5.41, 5.74) is 0. The maximum absolute atomic E-state index is 6.15. The van der Waals surface area contributed by atoms with Crippen molar-refractivity contribution in [1.29, 1.82) is 0 Å². The maximum Gasteiger partial charge on any atom is 0.0215 e. The summed E-state index contributed by atoms with van der Waals surface area (Å²) >= 11 is 7.92. The molecular weight excluding hydrogens is 473 g/mol. The topological polar surface area (TPSA) is 0 Å².